The summed E-state index contributed by atoms with van der Waals surface area (Å²) in [5.41, 5.74) is 0. The van der Waals surface area contributed by atoms with Crippen molar-refractivity contribution < 1.29 is 9.47 Å². The molecule has 0 amide bonds. The summed E-state index contributed by atoms with van der Waals surface area (Å²) in [5.74, 6) is 0. The van der Waals surface area contributed by atoms with E-state index in [0.29, 0.717) is 0 Å². The Balaban J connectivity index is 0. The summed E-state index contributed by atoms with van der Waals surface area (Å²) in [4.78, 5) is 0. The molecule has 0 fully saturated rings. The second-order valence-electron chi connectivity index (χ2n) is 2.87. The van der Waals surface area contributed by atoms with Crippen LogP contribution in [0, 0.1) is 0 Å². The number of hydrogen-bond donors (Lipinski definition) is 0. The lowest BCUT2D eigenvalue weighted by molar-refractivity contribution is 0.0517. The summed E-state index contributed by atoms with van der Waals surface area (Å²) >= 11 is 0. The molecular formula is C11H26O2. The molecule has 0 radical (unpaired) electrons. The van der Waals surface area contributed by atoms with E-state index in [0.717, 1.165) is 32.8 Å². The fourth-order valence-electron chi connectivity index (χ4n) is 0.611. The standard InChI is InChI=1S/C8H18O2.C3H8/c1-3-5-6-10-8-7-9-4-2;1-3-2/h3-8H2,1-2H3;3H2,1-2H3. The summed E-state index contributed by atoms with van der Waals surface area (Å²) in [6.45, 7) is 11.5. The molecule has 82 valence electrons. The second kappa shape index (κ2) is 17.9. The van der Waals surface area contributed by atoms with Gasteiger partial charge in [-0.3, -0.25) is 0 Å². The molecule has 0 saturated heterocycles. The lowest BCUT2D eigenvalue weighted by Crippen LogP contribution is -2.04. The highest BCUT2D eigenvalue weighted by atomic mass is 16.5. The zero-order valence-corrected chi connectivity index (χ0v) is 9.77. The third-order valence-electron chi connectivity index (χ3n) is 1.22. The SMILES string of the molecule is CCC.CCCCOCCOCC. The largest absolute Gasteiger partial charge is 0.379 e. The van der Waals surface area contributed by atoms with E-state index in [9.17, 15) is 0 Å². The van der Waals surface area contributed by atoms with Crippen molar-refractivity contribution in [2.75, 3.05) is 26.4 Å². The van der Waals surface area contributed by atoms with Crippen LogP contribution in [-0.2, 0) is 9.47 Å². The van der Waals surface area contributed by atoms with E-state index in [2.05, 4.69) is 20.8 Å². The van der Waals surface area contributed by atoms with Crippen LogP contribution >= 0.6 is 0 Å². The molecule has 2 heteroatoms. The molecule has 0 aliphatic carbocycles. The van der Waals surface area contributed by atoms with E-state index in [1.165, 1.54) is 12.8 Å². The topological polar surface area (TPSA) is 18.5 Å². The molecule has 0 N–H and O–H groups in total. The van der Waals surface area contributed by atoms with Gasteiger partial charge in [-0.2, -0.15) is 0 Å². The minimum Gasteiger partial charge on any atom is -0.379 e. The van der Waals surface area contributed by atoms with Crippen molar-refractivity contribution in [3.8, 4) is 0 Å². The predicted octanol–water partition coefficient (Wildman–Crippen LogP) is 3.26. The summed E-state index contributed by atoms with van der Waals surface area (Å²) in [5, 5.41) is 0. The highest BCUT2D eigenvalue weighted by Crippen LogP contribution is 1.87. The molecular weight excluding hydrogens is 164 g/mol. The smallest absolute Gasteiger partial charge is 0.0700 e. The number of ether oxygens (including phenoxy) is 2. The summed E-state index contributed by atoms with van der Waals surface area (Å²) < 4.78 is 10.3. The Labute approximate surface area is 83.6 Å². The van der Waals surface area contributed by atoms with Crippen molar-refractivity contribution >= 4 is 0 Å². The lowest BCUT2D eigenvalue weighted by Gasteiger charge is -2.02. The molecule has 0 unspecified atom stereocenters. The van der Waals surface area contributed by atoms with Crippen molar-refractivity contribution in [2.45, 2.75) is 47.0 Å². The van der Waals surface area contributed by atoms with E-state index in [1.807, 2.05) is 6.92 Å². The number of rotatable bonds is 7. The van der Waals surface area contributed by atoms with Crippen LogP contribution in [0.1, 0.15) is 47.0 Å². The first-order valence-corrected chi connectivity index (χ1v) is 5.48. The van der Waals surface area contributed by atoms with Crippen molar-refractivity contribution in [2.24, 2.45) is 0 Å². The first-order valence-electron chi connectivity index (χ1n) is 5.48. The Hall–Kier alpha value is -0.0800. The van der Waals surface area contributed by atoms with Crippen LogP contribution in [0.25, 0.3) is 0 Å². The van der Waals surface area contributed by atoms with E-state index >= 15 is 0 Å². The predicted molar refractivity (Wildman–Crippen MR) is 58.2 cm³/mol. The first kappa shape index (κ1) is 15.4. The lowest BCUT2D eigenvalue weighted by atomic mass is 10.4. The van der Waals surface area contributed by atoms with E-state index in [1.54, 1.807) is 0 Å². The van der Waals surface area contributed by atoms with Gasteiger partial charge in [-0.1, -0.05) is 33.6 Å². The molecule has 0 rings (SSSR count). The van der Waals surface area contributed by atoms with Crippen LogP contribution in [0.2, 0.25) is 0 Å². The molecule has 0 aromatic rings. The quantitative estimate of drug-likeness (QED) is 0.574. The highest BCUT2D eigenvalue weighted by Gasteiger charge is 1.86. The molecule has 0 aromatic heterocycles. The van der Waals surface area contributed by atoms with Gasteiger partial charge in [0.2, 0.25) is 0 Å². The second-order valence-corrected chi connectivity index (χ2v) is 2.87. The van der Waals surface area contributed by atoms with Crippen molar-refractivity contribution in [1.82, 2.24) is 0 Å². The maximum atomic E-state index is 5.25. The molecule has 0 heterocycles. The Bertz CT molecular complexity index is 57.1. The van der Waals surface area contributed by atoms with Gasteiger partial charge in [0.15, 0.2) is 0 Å². The molecule has 0 aliphatic heterocycles. The van der Waals surface area contributed by atoms with Gasteiger partial charge in [0.1, 0.15) is 0 Å². The molecule has 0 aliphatic rings. The van der Waals surface area contributed by atoms with Gasteiger partial charge in [-0.05, 0) is 13.3 Å². The van der Waals surface area contributed by atoms with Gasteiger partial charge >= 0.3 is 0 Å². The minimum absolute atomic E-state index is 0.736. The minimum atomic E-state index is 0.736. The van der Waals surface area contributed by atoms with E-state index in [4.69, 9.17) is 9.47 Å². The molecule has 0 spiro atoms. The normalized spacial score (nSPS) is 9.23. The highest BCUT2D eigenvalue weighted by molar-refractivity contribution is 4.32. The monoisotopic (exact) mass is 190 g/mol. The Kier molecular flexibility index (Phi) is 21.2. The molecule has 13 heavy (non-hydrogen) atoms. The van der Waals surface area contributed by atoms with Crippen LogP contribution < -0.4 is 0 Å². The van der Waals surface area contributed by atoms with E-state index in [-0.39, 0.29) is 0 Å². The average molecular weight is 190 g/mol. The molecule has 2 nitrogen and oxygen atoms in total. The fraction of sp³-hybridized carbons (Fsp3) is 1.00. The van der Waals surface area contributed by atoms with Gasteiger partial charge in [0.05, 0.1) is 13.2 Å². The van der Waals surface area contributed by atoms with Crippen LogP contribution in [0.3, 0.4) is 0 Å². The van der Waals surface area contributed by atoms with Crippen LogP contribution in [0.15, 0.2) is 0 Å². The van der Waals surface area contributed by atoms with Crippen LogP contribution in [0.5, 0.6) is 0 Å². The zero-order chi connectivity index (χ0) is 10.4. The van der Waals surface area contributed by atoms with Crippen molar-refractivity contribution in [1.29, 1.82) is 0 Å². The van der Waals surface area contributed by atoms with Crippen LogP contribution in [-0.4, -0.2) is 26.4 Å². The summed E-state index contributed by atoms with van der Waals surface area (Å²) in [6, 6.07) is 0. The summed E-state index contributed by atoms with van der Waals surface area (Å²) in [7, 11) is 0. The maximum Gasteiger partial charge on any atom is 0.0700 e. The van der Waals surface area contributed by atoms with Gasteiger partial charge < -0.3 is 9.47 Å². The van der Waals surface area contributed by atoms with E-state index < -0.39 is 0 Å². The molecule has 0 atom stereocenters. The van der Waals surface area contributed by atoms with Gasteiger partial charge in [0.25, 0.3) is 0 Å². The first-order chi connectivity index (χ1) is 6.33. The zero-order valence-electron chi connectivity index (χ0n) is 9.77. The fourth-order valence-corrected chi connectivity index (χ4v) is 0.611. The van der Waals surface area contributed by atoms with Gasteiger partial charge in [-0.25, -0.2) is 0 Å². The maximum absolute atomic E-state index is 5.25. The Morgan fingerprint density at radius 1 is 0.769 bits per heavy atom. The Morgan fingerprint density at radius 3 is 1.77 bits per heavy atom. The molecule has 0 aromatic carbocycles. The third-order valence-corrected chi connectivity index (χ3v) is 1.22. The average Bonchev–Trinajstić information content (AvgIpc) is 2.13. The summed E-state index contributed by atoms with van der Waals surface area (Å²) in [6.07, 6.45) is 3.61. The van der Waals surface area contributed by atoms with Gasteiger partial charge in [0, 0.05) is 13.2 Å². The Morgan fingerprint density at radius 2 is 1.31 bits per heavy atom. The number of unbranched alkanes of at least 4 members (excludes halogenated alkanes) is 1. The molecule has 0 bridgehead atoms. The molecule has 0 saturated carbocycles. The number of hydrogen-bond acceptors (Lipinski definition) is 2. The van der Waals surface area contributed by atoms with Gasteiger partial charge in [-0.15, -0.1) is 0 Å². The van der Waals surface area contributed by atoms with Crippen molar-refractivity contribution in [3.63, 3.8) is 0 Å². The van der Waals surface area contributed by atoms with Crippen molar-refractivity contribution in [3.05, 3.63) is 0 Å². The van der Waals surface area contributed by atoms with Crippen LogP contribution in [0.4, 0.5) is 0 Å². The third kappa shape index (κ3) is 24.5.